The van der Waals surface area contributed by atoms with Gasteiger partial charge in [0.15, 0.2) is 0 Å². The minimum absolute atomic E-state index is 0. The number of hydrogen-bond acceptors (Lipinski definition) is 0. The van der Waals surface area contributed by atoms with Gasteiger partial charge in [-0.1, -0.05) is 53.4 Å². The summed E-state index contributed by atoms with van der Waals surface area (Å²) >= 11 is 0. The van der Waals surface area contributed by atoms with Gasteiger partial charge in [-0.2, -0.15) is 0 Å². The van der Waals surface area contributed by atoms with Crippen molar-refractivity contribution in [2.75, 3.05) is 0 Å². The standard InChI is InChI=1S/C11H14Si.Li.H/c1-12(10-6-2-3-7-10)11-8-4-5-9-11;;/h2-6,8,12H,7,9H2,1H3;;/q;+1;-1. The molecular weight excluding hydrogens is 167 g/mol. The van der Waals surface area contributed by atoms with Gasteiger partial charge >= 0.3 is 18.9 Å². The summed E-state index contributed by atoms with van der Waals surface area (Å²) in [5, 5.41) is 3.40. The van der Waals surface area contributed by atoms with E-state index in [1.54, 1.807) is 10.4 Å². The van der Waals surface area contributed by atoms with Crippen LogP contribution in [-0.4, -0.2) is 8.80 Å². The van der Waals surface area contributed by atoms with Gasteiger partial charge in [-0.05, 0) is 12.8 Å². The molecular formula is C11H15LiSi. The predicted molar refractivity (Wildman–Crippen MR) is 57.8 cm³/mol. The summed E-state index contributed by atoms with van der Waals surface area (Å²) in [7, 11) is -0.710. The maximum Gasteiger partial charge on any atom is 1.00 e. The van der Waals surface area contributed by atoms with E-state index in [0.29, 0.717) is 0 Å². The third-order valence-electron chi connectivity index (χ3n) is 2.71. The molecule has 0 N–H and O–H groups in total. The second-order valence-electron chi connectivity index (χ2n) is 3.47. The monoisotopic (exact) mass is 182 g/mol. The van der Waals surface area contributed by atoms with Crippen molar-refractivity contribution >= 4 is 8.80 Å². The van der Waals surface area contributed by atoms with Crippen LogP contribution >= 0.6 is 0 Å². The first-order chi connectivity index (χ1) is 5.88. The SMILES string of the molecule is C[SiH](C1=CC=CC1)C1=CC=CC1.[H-].[Li+]. The Morgan fingerprint density at radius 1 is 1.08 bits per heavy atom. The van der Waals surface area contributed by atoms with Crippen molar-refractivity contribution in [2.45, 2.75) is 19.4 Å². The van der Waals surface area contributed by atoms with Crippen molar-refractivity contribution in [3.8, 4) is 0 Å². The number of rotatable bonds is 2. The summed E-state index contributed by atoms with van der Waals surface area (Å²) in [5.74, 6) is 0. The average Bonchev–Trinajstić information content (AvgIpc) is 2.77. The summed E-state index contributed by atoms with van der Waals surface area (Å²) in [6.45, 7) is 2.44. The van der Waals surface area contributed by atoms with Gasteiger partial charge in [0.25, 0.3) is 0 Å². The molecule has 0 aromatic heterocycles. The zero-order valence-electron chi connectivity index (χ0n) is 9.46. The zero-order chi connectivity index (χ0) is 8.39. The van der Waals surface area contributed by atoms with Gasteiger partial charge < -0.3 is 1.43 Å². The van der Waals surface area contributed by atoms with E-state index in [9.17, 15) is 0 Å². The van der Waals surface area contributed by atoms with Gasteiger partial charge in [-0.3, -0.25) is 0 Å². The van der Waals surface area contributed by atoms with E-state index in [2.05, 4.69) is 43.0 Å². The van der Waals surface area contributed by atoms with Gasteiger partial charge in [0.05, 0.1) is 8.80 Å². The molecule has 0 atom stereocenters. The second-order valence-corrected chi connectivity index (χ2v) is 6.40. The van der Waals surface area contributed by atoms with Crippen LogP contribution < -0.4 is 18.9 Å². The van der Waals surface area contributed by atoms with Crippen molar-refractivity contribution in [1.82, 2.24) is 0 Å². The molecule has 64 valence electrons. The molecule has 0 aliphatic heterocycles. The Balaban J connectivity index is 0.000000845. The molecule has 0 aromatic rings. The van der Waals surface area contributed by atoms with Crippen LogP contribution in [0.2, 0.25) is 6.55 Å². The Morgan fingerprint density at radius 2 is 1.54 bits per heavy atom. The topological polar surface area (TPSA) is 0 Å². The molecule has 0 radical (unpaired) electrons. The van der Waals surface area contributed by atoms with E-state index in [1.807, 2.05) is 0 Å². The average molecular weight is 182 g/mol. The van der Waals surface area contributed by atoms with Gasteiger partial charge in [0.2, 0.25) is 0 Å². The molecule has 0 fully saturated rings. The Hall–Kier alpha value is -0.226. The molecule has 0 bridgehead atoms. The molecule has 0 spiro atoms. The minimum atomic E-state index is -0.710. The van der Waals surface area contributed by atoms with Crippen LogP contribution in [0.4, 0.5) is 0 Å². The molecule has 2 heteroatoms. The molecule has 0 saturated heterocycles. The third kappa shape index (κ3) is 2.37. The van der Waals surface area contributed by atoms with Crippen molar-refractivity contribution < 1.29 is 20.3 Å². The predicted octanol–water partition coefficient (Wildman–Crippen LogP) is -0.189. The molecule has 0 nitrogen and oxygen atoms in total. The quantitative estimate of drug-likeness (QED) is 0.519. The van der Waals surface area contributed by atoms with Crippen molar-refractivity contribution in [1.29, 1.82) is 0 Å². The number of allylic oxidation sites excluding steroid dienone is 8. The van der Waals surface area contributed by atoms with E-state index in [1.165, 1.54) is 12.8 Å². The van der Waals surface area contributed by atoms with Crippen molar-refractivity contribution in [2.24, 2.45) is 0 Å². The van der Waals surface area contributed by atoms with Crippen LogP contribution in [-0.2, 0) is 0 Å². The van der Waals surface area contributed by atoms with E-state index in [-0.39, 0.29) is 20.3 Å². The fourth-order valence-corrected chi connectivity index (χ4v) is 4.06. The molecule has 13 heavy (non-hydrogen) atoms. The molecule has 0 saturated carbocycles. The molecule has 2 aliphatic carbocycles. The maximum atomic E-state index is 2.44. The van der Waals surface area contributed by atoms with Gasteiger partial charge in [0, 0.05) is 0 Å². The largest absolute Gasteiger partial charge is 1.00 e. The zero-order valence-corrected chi connectivity index (χ0v) is 9.61. The molecule has 0 amide bonds. The van der Waals surface area contributed by atoms with Gasteiger partial charge in [0.1, 0.15) is 0 Å². The fraction of sp³-hybridized carbons (Fsp3) is 0.273. The normalized spacial score (nSPS) is 18.9. The Morgan fingerprint density at radius 3 is 1.85 bits per heavy atom. The van der Waals surface area contributed by atoms with Crippen LogP contribution in [0.3, 0.4) is 0 Å². The smallest absolute Gasteiger partial charge is 1.00 e. The van der Waals surface area contributed by atoms with Crippen LogP contribution in [0.25, 0.3) is 0 Å². The molecule has 0 unspecified atom stereocenters. The van der Waals surface area contributed by atoms with E-state index in [0.717, 1.165) is 0 Å². The van der Waals surface area contributed by atoms with E-state index in [4.69, 9.17) is 0 Å². The van der Waals surface area contributed by atoms with Crippen LogP contribution in [0.15, 0.2) is 46.8 Å². The molecule has 2 rings (SSSR count). The molecule has 0 aromatic carbocycles. The first kappa shape index (κ1) is 10.9. The van der Waals surface area contributed by atoms with Crippen molar-refractivity contribution in [3.05, 3.63) is 46.8 Å². The Bertz CT molecular complexity index is 272. The summed E-state index contributed by atoms with van der Waals surface area (Å²) in [6, 6.07) is 0. The van der Waals surface area contributed by atoms with Crippen LogP contribution in [0, 0.1) is 0 Å². The van der Waals surface area contributed by atoms with Crippen molar-refractivity contribution in [3.63, 3.8) is 0 Å². The maximum absolute atomic E-state index is 2.44. The summed E-state index contributed by atoms with van der Waals surface area (Å²) in [4.78, 5) is 0. The minimum Gasteiger partial charge on any atom is -1.00 e. The van der Waals surface area contributed by atoms with E-state index >= 15 is 0 Å². The third-order valence-corrected chi connectivity index (χ3v) is 5.79. The second kappa shape index (κ2) is 4.86. The van der Waals surface area contributed by atoms with Gasteiger partial charge in [-0.25, -0.2) is 0 Å². The summed E-state index contributed by atoms with van der Waals surface area (Å²) in [6.07, 6.45) is 16.0. The fourth-order valence-electron chi connectivity index (χ4n) is 1.81. The first-order valence-corrected chi connectivity index (χ1v) is 6.90. The number of hydrogen-bond donors (Lipinski definition) is 0. The van der Waals surface area contributed by atoms with Crippen LogP contribution in [0.1, 0.15) is 14.3 Å². The van der Waals surface area contributed by atoms with E-state index < -0.39 is 8.80 Å². The summed E-state index contributed by atoms with van der Waals surface area (Å²) < 4.78 is 0. The Kier molecular flexibility index (Phi) is 4.06. The molecule has 2 aliphatic rings. The first-order valence-electron chi connectivity index (χ1n) is 4.59. The van der Waals surface area contributed by atoms with Crippen LogP contribution in [0.5, 0.6) is 0 Å². The summed E-state index contributed by atoms with van der Waals surface area (Å²) in [5.41, 5.74) is 0. The van der Waals surface area contributed by atoms with Gasteiger partial charge in [-0.15, -0.1) is 0 Å². The Labute approximate surface area is 95.4 Å². The molecule has 0 heterocycles.